The first-order valence-electron chi connectivity index (χ1n) is 9.34. The highest BCUT2D eigenvalue weighted by molar-refractivity contribution is 7.89. The summed E-state index contributed by atoms with van der Waals surface area (Å²) in [6.45, 7) is 3.74. The van der Waals surface area contributed by atoms with Crippen molar-refractivity contribution in [2.75, 3.05) is 26.2 Å². The first kappa shape index (κ1) is 19.8. The number of sulfonamides is 1. The number of likely N-dealkylation sites (tertiary alicyclic amines) is 1. The summed E-state index contributed by atoms with van der Waals surface area (Å²) >= 11 is 0. The molecular weight excluding hydrogens is 370 g/mol. The number of non-ortho nitro benzene ring substituents is 1. The molecule has 2 aliphatic rings. The van der Waals surface area contributed by atoms with Crippen LogP contribution in [0.1, 0.15) is 37.7 Å². The lowest BCUT2D eigenvalue weighted by Gasteiger charge is -2.35. The number of nitro groups is 1. The fourth-order valence-electron chi connectivity index (χ4n) is 3.83. The Labute approximate surface area is 159 Å². The molecule has 1 amide bonds. The topological polar surface area (TPSA) is 101 Å². The van der Waals surface area contributed by atoms with Crippen LogP contribution in [0.2, 0.25) is 0 Å². The van der Waals surface area contributed by atoms with Gasteiger partial charge in [-0.2, -0.15) is 4.31 Å². The number of aryl methyl sites for hydroxylation is 1. The monoisotopic (exact) mass is 395 g/mol. The van der Waals surface area contributed by atoms with Crippen LogP contribution in [0, 0.1) is 23.0 Å². The SMILES string of the molecule is Cc1ccc([N+](=O)[O-])cc1S(=O)(=O)N1CCC(C(=O)N2CCCCC2)CC1. The van der Waals surface area contributed by atoms with Crippen LogP contribution in [0.3, 0.4) is 0 Å². The summed E-state index contributed by atoms with van der Waals surface area (Å²) in [5.41, 5.74) is 0.237. The van der Waals surface area contributed by atoms with Crippen molar-refractivity contribution in [3.63, 3.8) is 0 Å². The summed E-state index contributed by atoms with van der Waals surface area (Å²) in [5.74, 6) is -0.000895. The summed E-state index contributed by atoms with van der Waals surface area (Å²) in [7, 11) is -3.82. The number of hydrogen-bond donors (Lipinski definition) is 0. The molecule has 0 unspecified atom stereocenters. The number of amides is 1. The predicted molar refractivity (Wildman–Crippen MR) is 99.7 cm³/mol. The molecule has 2 heterocycles. The van der Waals surface area contributed by atoms with E-state index >= 15 is 0 Å². The lowest BCUT2D eigenvalue weighted by atomic mass is 9.95. The van der Waals surface area contributed by atoms with Gasteiger partial charge < -0.3 is 4.90 Å². The molecule has 1 aromatic carbocycles. The van der Waals surface area contributed by atoms with Crippen LogP contribution in [0.25, 0.3) is 0 Å². The van der Waals surface area contributed by atoms with Gasteiger partial charge in [0.05, 0.1) is 9.82 Å². The fraction of sp³-hybridized carbons (Fsp3) is 0.611. The summed E-state index contributed by atoms with van der Waals surface area (Å²) in [4.78, 5) is 24.9. The standard InChI is InChI=1S/C18H25N3O5S/c1-14-5-6-16(21(23)24)13-17(14)27(25,26)20-11-7-15(8-12-20)18(22)19-9-3-2-4-10-19/h5-6,13,15H,2-4,7-12H2,1H3. The smallest absolute Gasteiger partial charge is 0.270 e. The van der Waals surface area contributed by atoms with Gasteiger partial charge >= 0.3 is 0 Å². The lowest BCUT2D eigenvalue weighted by Crippen LogP contribution is -2.45. The molecule has 2 saturated heterocycles. The van der Waals surface area contributed by atoms with E-state index in [0.717, 1.165) is 38.4 Å². The van der Waals surface area contributed by atoms with Crippen molar-refractivity contribution < 1.29 is 18.1 Å². The minimum absolute atomic E-state index is 0.0301. The molecule has 148 valence electrons. The third-order valence-corrected chi connectivity index (χ3v) is 7.51. The maximum Gasteiger partial charge on any atom is 0.270 e. The van der Waals surface area contributed by atoms with Gasteiger partial charge in [0.15, 0.2) is 0 Å². The third-order valence-electron chi connectivity index (χ3n) is 5.47. The molecule has 27 heavy (non-hydrogen) atoms. The van der Waals surface area contributed by atoms with Gasteiger partial charge in [-0.25, -0.2) is 8.42 Å². The molecule has 9 heteroatoms. The Morgan fingerprint density at radius 1 is 1.11 bits per heavy atom. The van der Waals surface area contributed by atoms with Crippen molar-refractivity contribution in [1.82, 2.24) is 9.21 Å². The Morgan fingerprint density at radius 3 is 2.33 bits per heavy atom. The van der Waals surface area contributed by atoms with Crippen LogP contribution in [0.15, 0.2) is 23.1 Å². The third kappa shape index (κ3) is 4.14. The zero-order valence-electron chi connectivity index (χ0n) is 15.5. The Kier molecular flexibility index (Phi) is 5.81. The summed E-state index contributed by atoms with van der Waals surface area (Å²) in [6, 6.07) is 3.88. The second kappa shape index (κ2) is 7.93. The normalized spacial score (nSPS) is 19.8. The van der Waals surface area contributed by atoms with Gasteiger partial charge in [-0.3, -0.25) is 14.9 Å². The average Bonchev–Trinajstić information content (AvgIpc) is 2.68. The zero-order chi connectivity index (χ0) is 19.6. The molecule has 0 bridgehead atoms. The summed E-state index contributed by atoms with van der Waals surface area (Å²) in [6.07, 6.45) is 4.20. The number of carbonyl (C=O) groups excluding carboxylic acids is 1. The predicted octanol–water partition coefficient (Wildman–Crippen LogP) is 2.32. The number of nitro benzene ring substituents is 1. The van der Waals surface area contributed by atoms with Gasteiger partial charge in [0.25, 0.3) is 5.69 Å². The maximum atomic E-state index is 13.0. The van der Waals surface area contributed by atoms with Crippen LogP contribution in [-0.2, 0) is 14.8 Å². The second-order valence-electron chi connectivity index (χ2n) is 7.27. The maximum absolute atomic E-state index is 13.0. The molecular formula is C18H25N3O5S. The van der Waals surface area contributed by atoms with Gasteiger partial charge in [0.1, 0.15) is 0 Å². The molecule has 2 fully saturated rings. The Bertz CT molecular complexity index is 825. The Hall–Kier alpha value is -2.00. The van der Waals surface area contributed by atoms with Crippen molar-refractivity contribution in [3.05, 3.63) is 33.9 Å². The molecule has 0 radical (unpaired) electrons. The number of hydrogen-bond acceptors (Lipinski definition) is 5. The van der Waals surface area contributed by atoms with Gasteiger partial charge in [-0.15, -0.1) is 0 Å². The fourth-order valence-corrected chi connectivity index (χ4v) is 5.55. The molecule has 0 N–H and O–H groups in total. The van der Waals surface area contributed by atoms with Crippen molar-refractivity contribution in [3.8, 4) is 0 Å². The molecule has 8 nitrogen and oxygen atoms in total. The number of rotatable bonds is 4. The highest BCUT2D eigenvalue weighted by atomic mass is 32.2. The van der Waals surface area contributed by atoms with Gasteiger partial charge in [-0.05, 0) is 44.6 Å². The first-order valence-corrected chi connectivity index (χ1v) is 10.8. The minimum Gasteiger partial charge on any atom is -0.342 e. The van der Waals surface area contributed by atoms with E-state index in [-0.39, 0.29) is 35.5 Å². The van der Waals surface area contributed by atoms with Crippen LogP contribution in [0.4, 0.5) is 5.69 Å². The summed E-state index contributed by atoms with van der Waals surface area (Å²) in [5, 5.41) is 11.0. The molecule has 3 rings (SSSR count). The van der Waals surface area contributed by atoms with Crippen molar-refractivity contribution in [1.29, 1.82) is 0 Å². The van der Waals surface area contributed by atoms with Gasteiger partial charge in [-0.1, -0.05) is 6.07 Å². The molecule has 0 atom stereocenters. The first-order chi connectivity index (χ1) is 12.8. The minimum atomic E-state index is -3.82. The highest BCUT2D eigenvalue weighted by Gasteiger charge is 2.35. The van der Waals surface area contributed by atoms with Crippen LogP contribution in [-0.4, -0.2) is 54.6 Å². The molecule has 0 aromatic heterocycles. The molecule has 0 saturated carbocycles. The Morgan fingerprint density at radius 2 is 1.74 bits per heavy atom. The summed E-state index contributed by atoms with van der Waals surface area (Å²) < 4.78 is 27.3. The highest BCUT2D eigenvalue weighted by Crippen LogP contribution is 2.29. The molecule has 0 aliphatic carbocycles. The quantitative estimate of drug-likeness (QED) is 0.575. The molecule has 0 spiro atoms. The van der Waals surface area contributed by atoms with E-state index in [1.807, 2.05) is 4.90 Å². The van der Waals surface area contributed by atoms with Crippen LogP contribution >= 0.6 is 0 Å². The van der Waals surface area contributed by atoms with E-state index in [2.05, 4.69) is 0 Å². The van der Waals surface area contributed by atoms with E-state index < -0.39 is 14.9 Å². The number of carbonyl (C=O) groups is 1. The molecule has 1 aromatic rings. The average molecular weight is 395 g/mol. The number of benzene rings is 1. The van der Waals surface area contributed by atoms with Crippen molar-refractivity contribution >= 4 is 21.6 Å². The van der Waals surface area contributed by atoms with Crippen molar-refractivity contribution in [2.24, 2.45) is 5.92 Å². The van der Waals surface area contributed by atoms with Gasteiger partial charge in [0.2, 0.25) is 15.9 Å². The lowest BCUT2D eigenvalue weighted by molar-refractivity contribution is -0.385. The van der Waals surface area contributed by atoms with E-state index in [1.54, 1.807) is 6.92 Å². The second-order valence-corrected chi connectivity index (χ2v) is 9.18. The van der Waals surface area contributed by atoms with Crippen LogP contribution < -0.4 is 0 Å². The largest absolute Gasteiger partial charge is 0.342 e. The van der Waals surface area contributed by atoms with E-state index in [9.17, 15) is 23.3 Å². The van der Waals surface area contributed by atoms with E-state index in [1.165, 1.54) is 16.4 Å². The number of piperidine rings is 2. The van der Waals surface area contributed by atoms with Gasteiger partial charge in [0, 0.05) is 44.2 Å². The van der Waals surface area contributed by atoms with E-state index in [0.29, 0.717) is 18.4 Å². The Balaban J connectivity index is 1.70. The van der Waals surface area contributed by atoms with Crippen molar-refractivity contribution in [2.45, 2.75) is 43.9 Å². The van der Waals surface area contributed by atoms with E-state index in [4.69, 9.17) is 0 Å². The van der Waals surface area contributed by atoms with Crippen LogP contribution in [0.5, 0.6) is 0 Å². The zero-order valence-corrected chi connectivity index (χ0v) is 16.3. The molecule has 2 aliphatic heterocycles. The number of nitrogens with zero attached hydrogens (tertiary/aromatic N) is 3.